The molecule has 0 saturated carbocycles. The third-order valence-corrected chi connectivity index (χ3v) is 13.0. The molecule has 0 spiro atoms. The van der Waals surface area contributed by atoms with Crippen LogP contribution in [0.2, 0.25) is 0 Å². The van der Waals surface area contributed by atoms with Crippen molar-refractivity contribution in [2.45, 2.75) is 307 Å². The van der Waals surface area contributed by atoms with Gasteiger partial charge in [-0.3, -0.25) is 9.59 Å². The molecule has 378 valence electrons. The quantitative estimate of drug-likeness (QED) is 0.0339. The summed E-state index contributed by atoms with van der Waals surface area (Å²) in [4.78, 5) is 37.0. The maximum absolute atomic E-state index is 12.8. The van der Waals surface area contributed by atoms with Crippen LogP contribution in [0.25, 0.3) is 0 Å². The summed E-state index contributed by atoms with van der Waals surface area (Å²) in [6.07, 6.45) is 38.7. The molecule has 64 heavy (non-hydrogen) atoms. The van der Waals surface area contributed by atoms with Gasteiger partial charge in [-0.2, -0.15) is 0 Å². The predicted octanol–water partition coefficient (Wildman–Crippen LogP) is 13.0. The largest absolute Gasteiger partial charge is 0.479 e. The molecule has 1 heterocycles. The average Bonchev–Trinajstić information content (AvgIpc) is 3.28. The molecule has 11 nitrogen and oxygen atoms in total. The van der Waals surface area contributed by atoms with Crippen LogP contribution < -0.4 is 0 Å². The number of aliphatic hydroxyl groups is 3. The van der Waals surface area contributed by atoms with E-state index in [1.54, 1.807) is 0 Å². The van der Waals surface area contributed by atoms with Crippen molar-refractivity contribution in [3.8, 4) is 0 Å². The van der Waals surface area contributed by atoms with E-state index >= 15 is 0 Å². The first kappa shape index (κ1) is 60.2. The van der Waals surface area contributed by atoms with Gasteiger partial charge >= 0.3 is 17.9 Å². The lowest BCUT2D eigenvalue weighted by atomic mass is 9.99. The van der Waals surface area contributed by atoms with Crippen LogP contribution >= 0.6 is 0 Å². The Bertz CT molecular complexity index is 1070. The Balaban J connectivity index is 2.25. The minimum absolute atomic E-state index is 0.192. The first-order valence-electron chi connectivity index (χ1n) is 27.1. The molecule has 0 aromatic heterocycles. The van der Waals surface area contributed by atoms with E-state index in [-0.39, 0.29) is 26.1 Å². The van der Waals surface area contributed by atoms with Crippen LogP contribution in [-0.2, 0) is 33.3 Å². The average molecular weight is 913 g/mol. The highest BCUT2D eigenvalue weighted by Gasteiger charge is 2.47. The Labute approximate surface area is 391 Å². The Kier molecular flexibility index (Phi) is 41.2. The van der Waals surface area contributed by atoms with Gasteiger partial charge in [-0.05, 0) is 12.8 Å². The zero-order valence-corrected chi connectivity index (χ0v) is 41.3. The van der Waals surface area contributed by atoms with Gasteiger partial charge < -0.3 is 39.4 Å². The van der Waals surface area contributed by atoms with Gasteiger partial charge in [0.2, 0.25) is 0 Å². The van der Waals surface area contributed by atoms with Crippen molar-refractivity contribution in [3.05, 3.63) is 0 Å². The number of unbranched alkanes of at least 4 members (excludes halogenated alkanes) is 36. The number of carboxylic acids is 1. The molecular weight excluding hydrogens is 813 g/mol. The molecular formula is C53H100O11. The van der Waals surface area contributed by atoms with Gasteiger partial charge in [0, 0.05) is 12.8 Å². The van der Waals surface area contributed by atoms with Crippen molar-refractivity contribution in [1.82, 2.24) is 0 Å². The van der Waals surface area contributed by atoms with Gasteiger partial charge in [0.05, 0.1) is 6.61 Å². The summed E-state index contributed by atoms with van der Waals surface area (Å²) in [5.74, 6) is -2.41. The standard InChI is InChI=1S/C53H100O11/c1-3-5-7-9-11-13-15-17-19-21-22-23-24-26-27-29-31-33-35-37-39-41-46(54)61-43-45(44-62-53-50(58)48(56)49(57)51(64-53)52(59)60)63-47(55)42-40-38-36-34-32-30-28-25-20-18-16-14-12-10-8-6-4-2/h45,48-51,53,56-58H,3-44H2,1-2H3,(H,59,60). The summed E-state index contributed by atoms with van der Waals surface area (Å²) in [5.41, 5.74) is 0. The van der Waals surface area contributed by atoms with Gasteiger partial charge in [0.1, 0.15) is 24.9 Å². The van der Waals surface area contributed by atoms with E-state index in [2.05, 4.69) is 13.8 Å². The number of hydrogen-bond donors (Lipinski definition) is 4. The molecule has 0 aliphatic carbocycles. The minimum Gasteiger partial charge on any atom is -0.479 e. The third kappa shape index (κ3) is 34.5. The van der Waals surface area contributed by atoms with Crippen molar-refractivity contribution < 1.29 is 53.8 Å². The van der Waals surface area contributed by atoms with Gasteiger partial charge in [-0.25, -0.2) is 4.79 Å². The molecule has 1 aliphatic rings. The normalized spacial score (nSPS) is 19.2. The van der Waals surface area contributed by atoms with Crippen molar-refractivity contribution in [3.63, 3.8) is 0 Å². The molecule has 0 amide bonds. The number of carboxylic acid groups (broad SMARTS) is 1. The molecule has 0 radical (unpaired) electrons. The first-order chi connectivity index (χ1) is 31.2. The van der Waals surface area contributed by atoms with Crippen molar-refractivity contribution >= 4 is 17.9 Å². The van der Waals surface area contributed by atoms with Crippen LogP contribution in [-0.4, -0.2) is 88.4 Å². The molecule has 6 atom stereocenters. The smallest absolute Gasteiger partial charge is 0.335 e. The molecule has 1 fully saturated rings. The lowest BCUT2D eigenvalue weighted by molar-refractivity contribution is -0.298. The SMILES string of the molecule is CCCCCCCCCCCCCCCCCCCCCCCC(=O)OCC(COC1OC(C(=O)O)C(O)C(O)C1O)OC(=O)CCCCCCCCCCCCCCCCCCC. The summed E-state index contributed by atoms with van der Waals surface area (Å²) < 4.78 is 21.9. The maximum atomic E-state index is 12.8. The summed E-state index contributed by atoms with van der Waals surface area (Å²) >= 11 is 0. The number of aliphatic carboxylic acids is 1. The van der Waals surface area contributed by atoms with E-state index in [1.165, 1.54) is 193 Å². The maximum Gasteiger partial charge on any atom is 0.335 e. The fourth-order valence-corrected chi connectivity index (χ4v) is 8.71. The molecule has 1 saturated heterocycles. The van der Waals surface area contributed by atoms with Crippen molar-refractivity contribution in [2.75, 3.05) is 13.2 Å². The number of carbonyl (C=O) groups excluding carboxylic acids is 2. The Morgan fingerprint density at radius 2 is 0.734 bits per heavy atom. The van der Waals surface area contributed by atoms with Crippen LogP contribution in [0.5, 0.6) is 0 Å². The third-order valence-electron chi connectivity index (χ3n) is 13.0. The lowest BCUT2D eigenvalue weighted by Crippen LogP contribution is -2.60. The lowest BCUT2D eigenvalue weighted by Gasteiger charge is -2.38. The fraction of sp³-hybridized carbons (Fsp3) is 0.943. The van der Waals surface area contributed by atoms with Crippen LogP contribution in [0.1, 0.15) is 271 Å². The van der Waals surface area contributed by atoms with Gasteiger partial charge in [0.15, 0.2) is 18.5 Å². The molecule has 4 N–H and O–H groups in total. The Morgan fingerprint density at radius 1 is 0.422 bits per heavy atom. The minimum atomic E-state index is -1.86. The number of aliphatic hydroxyl groups excluding tert-OH is 3. The van der Waals surface area contributed by atoms with E-state index in [0.29, 0.717) is 12.8 Å². The predicted molar refractivity (Wildman–Crippen MR) is 257 cm³/mol. The van der Waals surface area contributed by atoms with E-state index in [1.807, 2.05) is 0 Å². The van der Waals surface area contributed by atoms with E-state index in [9.17, 15) is 34.8 Å². The zero-order valence-electron chi connectivity index (χ0n) is 41.3. The Hall–Kier alpha value is -1.79. The second kappa shape index (κ2) is 43.8. The summed E-state index contributed by atoms with van der Waals surface area (Å²) in [6.45, 7) is 3.88. The van der Waals surface area contributed by atoms with Crippen LogP contribution in [0.15, 0.2) is 0 Å². The van der Waals surface area contributed by atoms with E-state index in [0.717, 1.165) is 38.5 Å². The number of hydrogen-bond acceptors (Lipinski definition) is 10. The number of carbonyl (C=O) groups is 3. The second-order valence-electron chi connectivity index (χ2n) is 19.1. The number of esters is 2. The number of rotatable bonds is 47. The molecule has 6 unspecified atom stereocenters. The molecule has 1 aliphatic heterocycles. The summed E-state index contributed by atoms with van der Waals surface area (Å²) in [7, 11) is 0. The van der Waals surface area contributed by atoms with Crippen molar-refractivity contribution in [2.24, 2.45) is 0 Å². The summed E-state index contributed by atoms with van der Waals surface area (Å²) in [5, 5.41) is 40.0. The van der Waals surface area contributed by atoms with Crippen LogP contribution in [0.4, 0.5) is 0 Å². The monoisotopic (exact) mass is 913 g/mol. The fourth-order valence-electron chi connectivity index (χ4n) is 8.71. The van der Waals surface area contributed by atoms with Gasteiger partial charge in [-0.1, -0.05) is 245 Å². The Morgan fingerprint density at radius 3 is 1.06 bits per heavy atom. The summed E-state index contributed by atoms with van der Waals surface area (Å²) in [6, 6.07) is 0. The van der Waals surface area contributed by atoms with Gasteiger partial charge in [-0.15, -0.1) is 0 Å². The number of ether oxygens (including phenoxy) is 4. The molecule has 11 heteroatoms. The van der Waals surface area contributed by atoms with Gasteiger partial charge in [0.25, 0.3) is 0 Å². The van der Waals surface area contributed by atoms with Crippen LogP contribution in [0, 0.1) is 0 Å². The van der Waals surface area contributed by atoms with E-state index in [4.69, 9.17) is 18.9 Å². The highest BCUT2D eigenvalue weighted by Crippen LogP contribution is 2.23. The highest BCUT2D eigenvalue weighted by molar-refractivity contribution is 5.73. The zero-order chi connectivity index (χ0) is 46.7. The molecule has 0 aromatic rings. The van der Waals surface area contributed by atoms with E-state index < -0.39 is 54.7 Å². The van der Waals surface area contributed by atoms with Crippen LogP contribution in [0.3, 0.4) is 0 Å². The second-order valence-corrected chi connectivity index (χ2v) is 19.1. The van der Waals surface area contributed by atoms with Crippen molar-refractivity contribution in [1.29, 1.82) is 0 Å². The topological polar surface area (TPSA) is 169 Å². The highest BCUT2D eigenvalue weighted by atomic mass is 16.7. The molecule has 0 bridgehead atoms. The molecule has 0 aromatic carbocycles. The first-order valence-corrected chi connectivity index (χ1v) is 27.1. The molecule has 1 rings (SSSR count).